The Hall–Kier alpha value is -2.03. The molecule has 1 aromatic carbocycles. The predicted octanol–water partition coefficient (Wildman–Crippen LogP) is 5.89. The number of rotatable bonds is 5. The van der Waals surface area contributed by atoms with Crippen molar-refractivity contribution < 1.29 is 8.78 Å². The van der Waals surface area contributed by atoms with Gasteiger partial charge in [0, 0.05) is 6.21 Å². The molecule has 1 aromatic rings. The Morgan fingerprint density at radius 3 is 2.43 bits per heavy atom. The summed E-state index contributed by atoms with van der Waals surface area (Å²) < 4.78 is 24.7. The van der Waals surface area contributed by atoms with Gasteiger partial charge in [-0.05, 0) is 56.0 Å². The van der Waals surface area contributed by atoms with Crippen molar-refractivity contribution in [2.24, 2.45) is 4.99 Å². The van der Waals surface area contributed by atoms with Gasteiger partial charge in [-0.1, -0.05) is 36.4 Å². The van der Waals surface area contributed by atoms with Gasteiger partial charge in [0.25, 0.3) is 6.43 Å². The van der Waals surface area contributed by atoms with E-state index in [4.69, 9.17) is 0 Å². The highest BCUT2D eigenvalue weighted by Gasteiger charge is 2.02. The molecule has 0 radical (unpaired) electrons. The second-order valence-electron chi connectivity index (χ2n) is 5.16. The molecule has 3 heteroatoms. The molecule has 112 valence electrons. The molecule has 0 aromatic heterocycles. The molecule has 0 spiro atoms. The fourth-order valence-corrected chi connectivity index (χ4v) is 1.56. The maximum absolute atomic E-state index is 12.4. The molecule has 0 saturated heterocycles. The van der Waals surface area contributed by atoms with Gasteiger partial charge in [-0.3, -0.25) is 4.99 Å². The summed E-state index contributed by atoms with van der Waals surface area (Å²) in [5.41, 5.74) is 4.80. The Labute approximate surface area is 125 Å². The second-order valence-corrected chi connectivity index (χ2v) is 5.16. The minimum Gasteiger partial charge on any atom is -0.256 e. The third-order valence-electron chi connectivity index (χ3n) is 3.06. The standard InChI is InChI=1S/C18H21F2N/c1-12(2)16-9-8-14(4)17(10-16)21-11-13(3)6-7-15(5)18(19)20/h6-11,18H,1H2,2-5H3/b13-6+,15-7+,21-11?. The summed E-state index contributed by atoms with van der Waals surface area (Å²) in [5.74, 6) is 0. The molecule has 0 amide bonds. The van der Waals surface area contributed by atoms with E-state index >= 15 is 0 Å². The average molecular weight is 289 g/mol. The average Bonchev–Trinajstić information content (AvgIpc) is 2.43. The first kappa shape index (κ1) is 17.0. The molecule has 0 fully saturated rings. The van der Waals surface area contributed by atoms with Gasteiger partial charge >= 0.3 is 0 Å². The van der Waals surface area contributed by atoms with E-state index in [2.05, 4.69) is 11.6 Å². The first-order chi connectivity index (χ1) is 9.81. The predicted molar refractivity (Wildman–Crippen MR) is 87.6 cm³/mol. The smallest absolute Gasteiger partial charge is 0.256 e. The second kappa shape index (κ2) is 7.67. The van der Waals surface area contributed by atoms with Crippen LogP contribution in [0.5, 0.6) is 0 Å². The monoisotopic (exact) mass is 289 g/mol. The van der Waals surface area contributed by atoms with E-state index in [1.54, 1.807) is 12.3 Å². The highest BCUT2D eigenvalue weighted by Crippen LogP contribution is 2.23. The van der Waals surface area contributed by atoms with E-state index in [-0.39, 0.29) is 5.57 Å². The van der Waals surface area contributed by atoms with Crippen molar-refractivity contribution in [1.82, 2.24) is 0 Å². The van der Waals surface area contributed by atoms with Crippen molar-refractivity contribution in [1.29, 1.82) is 0 Å². The molecule has 0 aliphatic rings. The number of alkyl halides is 2. The largest absolute Gasteiger partial charge is 0.259 e. The number of hydrogen-bond acceptors (Lipinski definition) is 1. The highest BCUT2D eigenvalue weighted by atomic mass is 19.3. The van der Waals surface area contributed by atoms with Gasteiger partial charge in [-0.15, -0.1) is 0 Å². The molecule has 0 aliphatic carbocycles. The van der Waals surface area contributed by atoms with Crippen LogP contribution in [-0.4, -0.2) is 12.6 Å². The van der Waals surface area contributed by atoms with Crippen LogP contribution in [0.15, 0.2) is 53.1 Å². The molecule has 1 nitrogen and oxygen atoms in total. The molecule has 1 rings (SSSR count). The van der Waals surface area contributed by atoms with E-state index in [0.29, 0.717) is 0 Å². The van der Waals surface area contributed by atoms with Crippen LogP contribution in [0, 0.1) is 6.92 Å². The van der Waals surface area contributed by atoms with Crippen molar-refractivity contribution in [3.8, 4) is 0 Å². The van der Waals surface area contributed by atoms with Crippen molar-refractivity contribution in [2.45, 2.75) is 34.1 Å². The maximum Gasteiger partial charge on any atom is 0.259 e. The topological polar surface area (TPSA) is 12.4 Å². The summed E-state index contributed by atoms with van der Waals surface area (Å²) in [5, 5.41) is 0. The molecule has 0 aliphatic heterocycles. The van der Waals surface area contributed by atoms with E-state index in [1.165, 1.54) is 13.0 Å². The van der Waals surface area contributed by atoms with Crippen LogP contribution in [0.1, 0.15) is 31.9 Å². The first-order valence-corrected chi connectivity index (χ1v) is 6.75. The molecule has 0 N–H and O–H groups in total. The van der Waals surface area contributed by atoms with Crippen LogP contribution in [0.3, 0.4) is 0 Å². The normalized spacial score (nSPS) is 13.3. The third-order valence-corrected chi connectivity index (χ3v) is 3.06. The van der Waals surface area contributed by atoms with Crippen molar-refractivity contribution in [3.63, 3.8) is 0 Å². The molecule has 0 unspecified atom stereocenters. The quantitative estimate of drug-likeness (QED) is 0.473. The summed E-state index contributed by atoms with van der Waals surface area (Å²) >= 11 is 0. The van der Waals surface area contributed by atoms with Crippen molar-refractivity contribution in [3.05, 3.63) is 59.2 Å². The lowest BCUT2D eigenvalue weighted by Gasteiger charge is -2.04. The molecule has 0 saturated carbocycles. The van der Waals surface area contributed by atoms with Crippen molar-refractivity contribution in [2.75, 3.05) is 0 Å². The Bertz CT molecular complexity index is 608. The van der Waals surface area contributed by atoms with Crippen LogP contribution in [0.2, 0.25) is 0 Å². The SMILES string of the molecule is C=C(C)c1ccc(C)c(N=C/C(C)=C/C=C(\C)C(F)F)c1. The van der Waals surface area contributed by atoms with E-state index in [1.807, 2.05) is 39.0 Å². The minimum absolute atomic E-state index is 0.0446. The van der Waals surface area contributed by atoms with Gasteiger partial charge in [-0.25, -0.2) is 8.78 Å². The summed E-state index contributed by atoms with van der Waals surface area (Å²) in [7, 11) is 0. The number of nitrogens with zero attached hydrogens (tertiary/aromatic N) is 1. The Morgan fingerprint density at radius 2 is 1.86 bits per heavy atom. The summed E-state index contributed by atoms with van der Waals surface area (Å²) in [6.45, 7) is 11.1. The van der Waals surface area contributed by atoms with Crippen LogP contribution < -0.4 is 0 Å². The lowest BCUT2D eigenvalue weighted by atomic mass is 10.1. The van der Waals surface area contributed by atoms with Crippen LogP contribution in [-0.2, 0) is 0 Å². The summed E-state index contributed by atoms with van der Waals surface area (Å²) in [4.78, 5) is 4.42. The van der Waals surface area contributed by atoms with E-state index < -0.39 is 6.43 Å². The Morgan fingerprint density at radius 1 is 1.19 bits per heavy atom. The Balaban J connectivity index is 2.95. The molecule has 0 atom stereocenters. The van der Waals surface area contributed by atoms with Gasteiger partial charge in [-0.2, -0.15) is 0 Å². The zero-order valence-electron chi connectivity index (χ0n) is 13.0. The van der Waals surface area contributed by atoms with Crippen LogP contribution in [0.25, 0.3) is 5.57 Å². The third kappa shape index (κ3) is 5.46. The molecule has 0 bridgehead atoms. The first-order valence-electron chi connectivity index (χ1n) is 6.75. The van der Waals surface area contributed by atoms with Gasteiger partial charge in [0.05, 0.1) is 5.69 Å². The lowest BCUT2D eigenvalue weighted by Crippen LogP contribution is -1.90. The van der Waals surface area contributed by atoms with E-state index in [9.17, 15) is 8.78 Å². The number of allylic oxidation sites excluding steroid dienone is 5. The highest BCUT2D eigenvalue weighted by molar-refractivity contribution is 5.81. The number of halogens is 2. The fraction of sp³-hybridized carbons (Fsp3) is 0.278. The number of aliphatic imine (C=N–C) groups is 1. The van der Waals surface area contributed by atoms with Gasteiger partial charge < -0.3 is 0 Å². The van der Waals surface area contributed by atoms with Crippen LogP contribution in [0.4, 0.5) is 14.5 Å². The summed E-state index contributed by atoms with van der Waals surface area (Å²) in [6, 6.07) is 5.98. The zero-order valence-corrected chi connectivity index (χ0v) is 13.0. The summed E-state index contributed by atoms with van der Waals surface area (Å²) in [6.07, 6.45) is 2.33. The number of aryl methyl sites for hydroxylation is 1. The van der Waals surface area contributed by atoms with Gasteiger partial charge in [0.2, 0.25) is 0 Å². The maximum atomic E-state index is 12.4. The number of hydrogen-bond donors (Lipinski definition) is 0. The fourth-order valence-electron chi connectivity index (χ4n) is 1.56. The lowest BCUT2D eigenvalue weighted by molar-refractivity contribution is 0.190. The van der Waals surface area contributed by atoms with Crippen LogP contribution >= 0.6 is 0 Å². The van der Waals surface area contributed by atoms with E-state index in [0.717, 1.165) is 28.0 Å². The van der Waals surface area contributed by atoms with Gasteiger partial charge in [0.15, 0.2) is 0 Å². The number of benzene rings is 1. The molecular formula is C18H21F2N. The minimum atomic E-state index is -2.42. The molecule has 0 heterocycles. The molecule has 21 heavy (non-hydrogen) atoms. The van der Waals surface area contributed by atoms with Gasteiger partial charge in [0.1, 0.15) is 0 Å². The molecular weight excluding hydrogens is 268 g/mol. The zero-order chi connectivity index (χ0) is 16.0. The van der Waals surface area contributed by atoms with Crippen molar-refractivity contribution >= 4 is 17.5 Å². The Kier molecular flexibility index (Phi) is 6.22.